The van der Waals surface area contributed by atoms with E-state index in [1.165, 1.54) is 18.2 Å². The Bertz CT molecular complexity index is 806. The summed E-state index contributed by atoms with van der Waals surface area (Å²) in [5.41, 5.74) is 0.801. The molecule has 0 radical (unpaired) electrons. The van der Waals surface area contributed by atoms with E-state index in [0.29, 0.717) is 0 Å². The molecule has 1 amide bonds. The standard InChI is InChI=1S/C18H16N2O4/c1-14-8-2-5-11-17(14)24-13-7-6-12-19-18(21)15-9-3-4-10-16(15)20(22)23/h2-5,8-11H,12-13H2,1H3,(H,19,21). The smallest absolute Gasteiger partial charge is 0.282 e. The van der Waals surface area contributed by atoms with Crippen LogP contribution in [-0.2, 0) is 0 Å². The van der Waals surface area contributed by atoms with Gasteiger partial charge in [0.1, 0.15) is 17.9 Å². The van der Waals surface area contributed by atoms with Gasteiger partial charge in [-0.05, 0) is 24.6 Å². The predicted octanol–water partition coefficient (Wildman–Crippen LogP) is 2.72. The van der Waals surface area contributed by atoms with Gasteiger partial charge in [0, 0.05) is 6.07 Å². The van der Waals surface area contributed by atoms with Gasteiger partial charge in [0.05, 0.1) is 11.5 Å². The van der Waals surface area contributed by atoms with Crippen LogP contribution in [0.5, 0.6) is 5.75 Å². The lowest BCUT2D eigenvalue weighted by Crippen LogP contribution is -2.24. The summed E-state index contributed by atoms with van der Waals surface area (Å²) in [4.78, 5) is 22.3. The molecule has 6 heteroatoms. The van der Waals surface area contributed by atoms with E-state index in [1.54, 1.807) is 6.07 Å². The van der Waals surface area contributed by atoms with Crippen LogP contribution < -0.4 is 10.1 Å². The second kappa shape index (κ2) is 8.34. The number of nitrogens with one attached hydrogen (secondary N) is 1. The largest absolute Gasteiger partial charge is 0.481 e. The van der Waals surface area contributed by atoms with E-state index in [2.05, 4.69) is 17.2 Å². The minimum absolute atomic E-state index is 0.0143. The van der Waals surface area contributed by atoms with Crippen LogP contribution in [0.3, 0.4) is 0 Å². The highest BCUT2D eigenvalue weighted by molar-refractivity contribution is 5.98. The fourth-order valence-electron chi connectivity index (χ4n) is 1.99. The average Bonchev–Trinajstić information content (AvgIpc) is 2.59. The summed E-state index contributed by atoms with van der Waals surface area (Å²) in [6.45, 7) is 2.23. The van der Waals surface area contributed by atoms with Crippen molar-refractivity contribution in [2.45, 2.75) is 6.92 Å². The number of benzene rings is 2. The molecule has 0 heterocycles. The third-order valence-electron chi connectivity index (χ3n) is 3.20. The molecule has 0 spiro atoms. The number of para-hydroxylation sites is 2. The molecular weight excluding hydrogens is 308 g/mol. The van der Waals surface area contributed by atoms with Gasteiger partial charge in [-0.15, -0.1) is 0 Å². The minimum atomic E-state index is -0.587. The van der Waals surface area contributed by atoms with Gasteiger partial charge >= 0.3 is 0 Å². The highest BCUT2D eigenvalue weighted by Crippen LogP contribution is 2.17. The van der Waals surface area contributed by atoms with Gasteiger partial charge in [-0.1, -0.05) is 42.2 Å². The third kappa shape index (κ3) is 4.58. The number of nitro groups is 1. The van der Waals surface area contributed by atoms with Crippen LogP contribution in [0.2, 0.25) is 0 Å². The first-order valence-corrected chi connectivity index (χ1v) is 7.25. The number of rotatable bonds is 5. The molecule has 2 aromatic rings. The Labute approximate surface area is 139 Å². The minimum Gasteiger partial charge on any atom is -0.481 e. The number of carbonyl (C=O) groups excluding carboxylic acids is 1. The summed E-state index contributed by atoms with van der Waals surface area (Å²) in [6, 6.07) is 13.4. The van der Waals surface area contributed by atoms with E-state index < -0.39 is 10.8 Å². The zero-order chi connectivity index (χ0) is 17.4. The molecule has 0 saturated carbocycles. The Kier molecular flexibility index (Phi) is 5.92. The molecule has 122 valence electrons. The third-order valence-corrected chi connectivity index (χ3v) is 3.20. The molecular formula is C18H16N2O4. The summed E-state index contributed by atoms with van der Waals surface area (Å²) >= 11 is 0. The molecule has 0 atom stereocenters. The number of ether oxygens (including phenoxy) is 1. The van der Waals surface area contributed by atoms with Crippen molar-refractivity contribution in [3.05, 3.63) is 69.8 Å². The van der Waals surface area contributed by atoms with Gasteiger partial charge in [0.2, 0.25) is 0 Å². The van der Waals surface area contributed by atoms with E-state index in [4.69, 9.17) is 4.74 Å². The van der Waals surface area contributed by atoms with Crippen LogP contribution in [-0.4, -0.2) is 24.0 Å². The summed E-state index contributed by atoms with van der Waals surface area (Å²) in [5, 5.41) is 13.4. The monoisotopic (exact) mass is 324 g/mol. The molecule has 6 nitrogen and oxygen atoms in total. The Morgan fingerprint density at radius 2 is 1.88 bits per heavy atom. The fourth-order valence-corrected chi connectivity index (χ4v) is 1.99. The molecule has 0 unspecified atom stereocenters. The molecule has 2 rings (SSSR count). The van der Waals surface area contributed by atoms with Gasteiger partial charge in [-0.3, -0.25) is 14.9 Å². The zero-order valence-corrected chi connectivity index (χ0v) is 13.1. The van der Waals surface area contributed by atoms with E-state index in [-0.39, 0.29) is 24.4 Å². The summed E-state index contributed by atoms with van der Waals surface area (Å²) < 4.78 is 5.50. The van der Waals surface area contributed by atoms with Crippen LogP contribution in [0.25, 0.3) is 0 Å². The highest BCUT2D eigenvalue weighted by Gasteiger charge is 2.18. The van der Waals surface area contributed by atoms with E-state index in [1.807, 2.05) is 31.2 Å². The van der Waals surface area contributed by atoms with Gasteiger partial charge in [0.25, 0.3) is 11.6 Å². The second-order valence-corrected chi connectivity index (χ2v) is 4.86. The van der Waals surface area contributed by atoms with Crippen molar-refractivity contribution in [1.82, 2.24) is 5.32 Å². The Morgan fingerprint density at radius 3 is 2.62 bits per heavy atom. The summed E-state index contributed by atoms with van der Waals surface area (Å²) in [6.07, 6.45) is 0. The van der Waals surface area contributed by atoms with Crippen LogP contribution in [0.15, 0.2) is 48.5 Å². The topological polar surface area (TPSA) is 81.5 Å². The van der Waals surface area contributed by atoms with Crippen molar-refractivity contribution in [2.75, 3.05) is 13.2 Å². The lowest BCUT2D eigenvalue weighted by atomic mass is 10.1. The van der Waals surface area contributed by atoms with E-state index in [9.17, 15) is 14.9 Å². The Morgan fingerprint density at radius 1 is 1.17 bits per heavy atom. The SMILES string of the molecule is Cc1ccccc1OCC#CCNC(=O)c1ccccc1[N+](=O)[O-]. The van der Waals surface area contributed by atoms with Crippen molar-refractivity contribution in [1.29, 1.82) is 0 Å². The lowest BCUT2D eigenvalue weighted by Gasteiger charge is -2.04. The lowest BCUT2D eigenvalue weighted by molar-refractivity contribution is -0.385. The maximum absolute atomic E-state index is 12.0. The van der Waals surface area contributed by atoms with Gasteiger partial charge in [0.15, 0.2) is 0 Å². The molecule has 0 aliphatic rings. The molecule has 0 aromatic heterocycles. The normalized spacial score (nSPS) is 9.54. The maximum Gasteiger partial charge on any atom is 0.282 e. The summed E-state index contributed by atoms with van der Waals surface area (Å²) in [7, 11) is 0. The van der Waals surface area contributed by atoms with E-state index >= 15 is 0 Å². The molecule has 0 aliphatic carbocycles. The first-order chi connectivity index (χ1) is 11.6. The van der Waals surface area contributed by atoms with Crippen molar-refractivity contribution in [2.24, 2.45) is 0 Å². The van der Waals surface area contributed by atoms with Crippen LogP contribution in [0, 0.1) is 28.9 Å². The van der Waals surface area contributed by atoms with Gasteiger partial charge in [-0.2, -0.15) is 0 Å². The molecule has 24 heavy (non-hydrogen) atoms. The second-order valence-electron chi connectivity index (χ2n) is 4.86. The number of hydrogen-bond donors (Lipinski definition) is 1. The first kappa shape index (κ1) is 17.0. The number of hydrogen-bond acceptors (Lipinski definition) is 4. The summed E-state index contributed by atoms with van der Waals surface area (Å²) in [5.74, 6) is 5.76. The van der Waals surface area contributed by atoms with Gasteiger partial charge < -0.3 is 10.1 Å². The molecule has 0 bridgehead atoms. The fraction of sp³-hybridized carbons (Fsp3) is 0.167. The maximum atomic E-state index is 12.0. The average molecular weight is 324 g/mol. The molecule has 0 saturated heterocycles. The molecule has 1 N–H and O–H groups in total. The Hall–Kier alpha value is -3.33. The Balaban J connectivity index is 1.84. The number of carbonyl (C=O) groups is 1. The van der Waals surface area contributed by atoms with Crippen LogP contribution in [0.1, 0.15) is 15.9 Å². The number of nitro benzene ring substituents is 1. The van der Waals surface area contributed by atoms with Crippen LogP contribution in [0.4, 0.5) is 5.69 Å². The number of amides is 1. The highest BCUT2D eigenvalue weighted by atomic mass is 16.6. The van der Waals surface area contributed by atoms with Crippen molar-refractivity contribution < 1.29 is 14.5 Å². The van der Waals surface area contributed by atoms with Crippen molar-refractivity contribution in [3.8, 4) is 17.6 Å². The first-order valence-electron chi connectivity index (χ1n) is 7.25. The van der Waals surface area contributed by atoms with E-state index in [0.717, 1.165) is 11.3 Å². The predicted molar refractivity (Wildman–Crippen MR) is 89.9 cm³/mol. The molecule has 0 fully saturated rings. The molecule has 2 aromatic carbocycles. The van der Waals surface area contributed by atoms with Crippen molar-refractivity contribution >= 4 is 11.6 Å². The van der Waals surface area contributed by atoms with Crippen LogP contribution >= 0.6 is 0 Å². The number of aryl methyl sites for hydroxylation is 1. The molecule has 0 aliphatic heterocycles. The van der Waals surface area contributed by atoms with Gasteiger partial charge in [-0.25, -0.2) is 0 Å². The number of nitrogens with zero attached hydrogens (tertiary/aromatic N) is 1. The zero-order valence-electron chi connectivity index (χ0n) is 13.1. The van der Waals surface area contributed by atoms with Crippen molar-refractivity contribution in [3.63, 3.8) is 0 Å². The quantitative estimate of drug-likeness (QED) is 0.521.